The number of thiophene rings is 2. The highest BCUT2D eigenvalue weighted by molar-refractivity contribution is 7.16. The van der Waals surface area contributed by atoms with Crippen LogP contribution >= 0.6 is 22.7 Å². The summed E-state index contributed by atoms with van der Waals surface area (Å²) in [5.41, 5.74) is 6.97. The van der Waals surface area contributed by atoms with E-state index in [-0.39, 0.29) is 29.5 Å². The molecule has 5 rings (SSSR count). The zero-order valence-electron chi connectivity index (χ0n) is 25.8. The number of nitrogens with zero attached hydrogens (tertiary/aromatic N) is 1. The van der Waals surface area contributed by atoms with Crippen molar-refractivity contribution in [2.24, 2.45) is 5.10 Å². The number of benzene rings is 2. The van der Waals surface area contributed by atoms with Crippen LogP contribution in [-0.2, 0) is 18.5 Å². The Balaban J connectivity index is 1.13. The maximum atomic E-state index is 12.8. The highest BCUT2D eigenvalue weighted by atomic mass is 32.1. The van der Waals surface area contributed by atoms with Crippen LogP contribution in [0, 0.1) is 0 Å². The summed E-state index contributed by atoms with van der Waals surface area (Å²) in [5, 5.41) is 22.5. The van der Waals surface area contributed by atoms with E-state index >= 15 is 0 Å². The summed E-state index contributed by atoms with van der Waals surface area (Å²) in [7, 11) is 0. The Labute approximate surface area is 275 Å². The van der Waals surface area contributed by atoms with Gasteiger partial charge in [-0.15, -0.1) is 22.7 Å². The molecule has 4 N–H and O–H groups in total. The van der Waals surface area contributed by atoms with Crippen molar-refractivity contribution in [3.05, 3.63) is 122 Å². The van der Waals surface area contributed by atoms with Gasteiger partial charge in [-0.1, -0.05) is 57.2 Å². The number of hydrogen-bond donors (Lipinski definition) is 4. The summed E-state index contributed by atoms with van der Waals surface area (Å²) in [6, 6.07) is 21.7. The molecular weight excluding hydrogens is 621 g/mol. The van der Waals surface area contributed by atoms with Gasteiger partial charge >= 0.3 is 0 Å². The van der Waals surface area contributed by atoms with Gasteiger partial charge < -0.3 is 20.2 Å². The summed E-state index contributed by atoms with van der Waals surface area (Å²) in [6.45, 7) is 8.72. The van der Waals surface area contributed by atoms with Crippen LogP contribution in [0.2, 0.25) is 0 Å². The summed E-state index contributed by atoms with van der Waals surface area (Å²) in [4.78, 5) is 39.3. The van der Waals surface area contributed by atoms with E-state index in [1.807, 2.05) is 17.5 Å². The molecule has 0 unspecified atom stereocenters. The first-order chi connectivity index (χ1) is 22.0. The smallest absolute Gasteiger partial charge is 0.281 e. The monoisotopic (exact) mass is 654 g/mol. The molecule has 2 aromatic carbocycles. The molecule has 0 saturated heterocycles. The molecule has 3 amide bonds. The molecular formula is C35H34N4O5S2. The quantitative estimate of drug-likeness (QED) is 0.0943. The molecule has 0 radical (unpaired) electrons. The van der Waals surface area contributed by atoms with E-state index in [1.165, 1.54) is 16.9 Å². The van der Waals surface area contributed by atoms with Crippen molar-refractivity contribution < 1.29 is 23.9 Å². The standard InChI is InChI=1S/C35H34N4O5S2/c1-21(27-20-45-31(30(27)40)23-11-13-25(14-12-23)35(2,3)4)38-39-34(43)29-16-15-28(46-29)33(42)36-18-22-7-9-24(10-8-22)32(41)37-19-26-6-5-17-44-26/h5-17,20,40H,18-19H2,1-4H3,(H,36,42)(H,37,41)(H,39,43)/b38-21+. The fraction of sp³-hybridized carbons (Fsp3) is 0.200. The van der Waals surface area contributed by atoms with Gasteiger partial charge in [0.05, 0.1) is 38.7 Å². The number of aromatic hydroxyl groups is 1. The second-order valence-corrected chi connectivity index (χ2v) is 13.6. The normalized spacial score (nSPS) is 11.7. The van der Waals surface area contributed by atoms with Crippen molar-refractivity contribution in [3.63, 3.8) is 0 Å². The lowest BCUT2D eigenvalue weighted by Gasteiger charge is -2.19. The van der Waals surface area contributed by atoms with Crippen LogP contribution in [0.4, 0.5) is 0 Å². The number of rotatable bonds is 10. The molecule has 3 aromatic heterocycles. The van der Waals surface area contributed by atoms with Crippen molar-refractivity contribution in [1.82, 2.24) is 16.1 Å². The third-order valence-electron chi connectivity index (χ3n) is 7.22. The van der Waals surface area contributed by atoms with Crippen molar-refractivity contribution in [1.29, 1.82) is 0 Å². The van der Waals surface area contributed by atoms with Crippen LogP contribution in [0.15, 0.2) is 94.0 Å². The molecule has 0 fully saturated rings. The largest absolute Gasteiger partial charge is 0.506 e. The minimum Gasteiger partial charge on any atom is -0.506 e. The van der Waals surface area contributed by atoms with Crippen LogP contribution in [-0.4, -0.2) is 28.5 Å². The van der Waals surface area contributed by atoms with Crippen LogP contribution < -0.4 is 16.1 Å². The minimum atomic E-state index is -0.461. The first kappa shape index (κ1) is 32.4. The van der Waals surface area contributed by atoms with Gasteiger partial charge in [-0.25, -0.2) is 5.43 Å². The number of furan rings is 1. The topological polar surface area (TPSA) is 133 Å². The van der Waals surface area contributed by atoms with E-state index in [0.717, 1.165) is 27.3 Å². The molecule has 11 heteroatoms. The van der Waals surface area contributed by atoms with Gasteiger partial charge in [0.2, 0.25) is 0 Å². The summed E-state index contributed by atoms with van der Waals surface area (Å²) in [5.74, 6) is -0.236. The molecule has 0 spiro atoms. The lowest BCUT2D eigenvalue weighted by atomic mass is 9.86. The summed E-state index contributed by atoms with van der Waals surface area (Å²) < 4.78 is 5.22. The molecule has 0 aliphatic rings. The fourth-order valence-electron chi connectivity index (χ4n) is 4.49. The molecule has 0 aliphatic carbocycles. The zero-order valence-corrected chi connectivity index (χ0v) is 27.5. The lowest BCUT2D eigenvalue weighted by molar-refractivity contribution is 0.0941. The number of hydrazone groups is 1. The molecule has 0 bridgehead atoms. The van der Waals surface area contributed by atoms with Gasteiger partial charge in [0.1, 0.15) is 11.5 Å². The molecule has 0 atom stereocenters. The average molecular weight is 655 g/mol. The SMILES string of the molecule is C/C(=N\NC(=O)c1ccc(C(=O)NCc2ccc(C(=O)NCc3ccco3)cc2)s1)c1csc(-c2ccc(C(C)(C)C)cc2)c1O. The highest BCUT2D eigenvalue weighted by Crippen LogP contribution is 2.39. The average Bonchev–Trinajstić information content (AvgIpc) is 3.83. The molecule has 236 valence electrons. The van der Waals surface area contributed by atoms with Gasteiger partial charge in [-0.05, 0) is 65.4 Å². The first-order valence-corrected chi connectivity index (χ1v) is 16.2. The lowest BCUT2D eigenvalue weighted by Crippen LogP contribution is -2.23. The van der Waals surface area contributed by atoms with Crippen molar-refractivity contribution in [3.8, 4) is 16.2 Å². The Hall–Kier alpha value is -5.00. The maximum absolute atomic E-state index is 12.8. The Morgan fingerprint density at radius 2 is 1.52 bits per heavy atom. The molecule has 0 saturated carbocycles. The van der Waals surface area contributed by atoms with E-state index in [0.29, 0.717) is 38.9 Å². The number of carbonyl (C=O) groups excluding carboxylic acids is 3. The fourth-order valence-corrected chi connectivity index (χ4v) is 6.32. The molecule has 46 heavy (non-hydrogen) atoms. The predicted octanol–water partition coefficient (Wildman–Crippen LogP) is 7.09. The van der Waals surface area contributed by atoms with Crippen LogP contribution in [0.3, 0.4) is 0 Å². The van der Waals surface area contributed by atoms with E-state index in [9.17, 15) is 19.5 Å². The van der Waals surface area contributed by atoms with Crippen molar-refractivity contribution in [2.75, 3.05) is 0 Å². The van der Waals surface area contributed by atoms with Gasteiger partial charge in [0, 0.05) is 17.5 Å². The third kappa shape index (κ3) is 7.79. The Kier molecular flexibility index (Phi) is 9.84. The Morgan fingerprint density at radius 1 is 0.848 bits per heavy atom. The first-order valence-electron chi connectivity index (χ1n) is 14.5. The zero-order chi connectivity index (χ0) is 32.8. The van der Waals surface area contributed by atoms with E-state index < -0.39 is 5.91 Å². The molecule has 9 nitrogen and oxygen atoms in total. The van der Waals surface area contributed by atoms with Crippen molar-refractivity contribution in [2.45, 2.75) is 46.2 Å². The number of nitrogens with one attached hydrogen (secondary N) is 3. The summed E-state index contributed by atoms with van der Waals surface area (Å²) in [6.07, 6.45) is 1.55. The number of amides is 3. The number of hydrogen-bond acceptors (Lipinski definition) is 8. The van der Waals surface area contributed by atoms with Crippen molar-refractivity contribution >= 4 is 46.1 Å². The third-order valence-corrected chi connectivity index (χ3v) is 9.32. The predicted molar refractivity (Wildman–Crippen MR) is 182 cm³/mol. The molecule has 0 aliphatic heterocycles. The van der Waals surface area contributed by atoms with E-state index in [1.54, 1.807) is 61.7 Å². The van der Waals surface area contributed by atoms with E-state index in [4.69, 9.17) is 4.42 Å². The molecule has 3 heterocycles. The second kappa shape index (κ2) is 14.0. The van der Waals surface area contributed by atoms with Crippen LogP contribution in [0.25, 0.3) is 10.4 Å². The van der Waals surface area contributed by atoms with Gasteiger partial charge in [0.25, 0.3) is 17.7 Å². The van der Waals surface area contributed by atoms with Gasteiger partial charge in [-0.2, -0.15) is 5.10 Å². The highest BCUT2D eigenvalue weighted by Gasteiger charge is 2.18. The van der Waals surface area contributed by atoms with Gasteiger partial charge in [0.15, 0.2) is 0 Å². The minimum absolute atomic E-state index is 0.0342. The second-order valence-electron chi connectivity index (χ2n) is 11.6. The molecule has 5 aromatic rings. The van der Waals surface area contributed by atoms with Gasteiger partial charge in [-0.3, -0.25) is 14.4 Å². The van der Waals surface area contributed by atoms with E-state index in [2.05, 4.69) is 54.1 Å². The Morgan fingerprint density at radius 3 is 2.17 bits per heavy atom. The maximum Gasteiger partial charge on any atom is 0.281 e. The summed E-state index contributed by atoms with van der Waals surface area (Å²) >= 11 is 2.46. The number of carbonyl (C=O) groups is 3. The van der Waals surface area contributed by atoms with Crippen LogP contribution in [0.1, 0.15) is 79.8 Å². The van der Waals surface area contributed by atoms with Crippen LogP contribution in [0.5, 0.6) is 5.75 Å². The Bertz CT molecular complexity index is 1860.